The van der Waals surface area contributed by atoms with E-state index in [-0.39, 0.29) is 0 Å². The maximum Gasteiger partial charge on any atom is 0.0571 e. The fraction of sp³-hybridized carbons (Fsp3) is 1.00. The number of hydrogen-bond donors (Lipinski definition) is 0. The van der Waals surface area contributed by atoms with Crippen LogP contribution in [0.2, 0.25) is 0 Å². The van der Waals surface area contributed by atoms with Crippen molar-refractivity contribution in [2.75, 3.05) is 7.11 Å². The molecule has 1 aliphatic carbocycles. The molecule has 0 unspecified atom stereocenters. The van der Waals surface area contributed by atoms with Gasteiger partial charge in [0.1, 0.15) is 0 Å². The molecular formula is C17H34O. The van der Waals surface area contributed by atoms with Crippen LogP contribution in [0.25, 0.3) is 0 Å². The molecular weight excluding hydrogens is 220 g/mol. The molecule has 0 radical (unpaired) electrons. The lowest BCUT2D eigenvalue weighted by atomic mass is 10.00. The van der Waals surface area contributed by atoms with Crippen molar-refractivity contribution in [2.45, 2.75) is 102 Å². The van der Waals surface area contributed by atoms with Gasteiger partial charge in [0, 0.05) is 7.11 Å². The minimum Gasteiger partial charge on any atom is -0.381 e. The second-order valence-corrected chi connectivity index (χ2v) is 6.03. The summed E-state index contributed by atoms with van der Waals surface area (Å²) in [6.07, 6.45) is 21.8. The summed E-state index contributed by atoms with van der Waals surface area (Å²) in [5, 5.41) is 0. The molecule has 1 fully saturated rings. The number of methoxy groups -OCH3 is 1. The lowest BCUT2D eigenvalue weighted by Crippen LogP contribution is -2.10. The first-order chi connectivity index (χ1) is 8.93. The molecule has 0 bridgehead atoms. The third-order valence-electron chi connectivity index (χ3n) is 4.39. The first kappa shape index (κ1) is 16.0. The summed E-state index contributed by atoms with van der Waals surface area (Å²) in [7, 11) is 1.89. The molecule has 0 saturated heterocycles. The van der Waals surface area contributed by atoms with Crippen molar-refractivity contribution in [2.24, 2.45) is 0 Å². The molecule has 0 atom stereocenters. The molecule has 0 aromatic heterocycles. The van der Waals surface area contributed by atoms with E-state index in [1.165, 1.54) is 96.3 Å². The SMILES string of the molecule is COC1CCCCCCCCCCCCCCC1. The highest BCUT2D eigenvalue weighted by Gasteiger charge is 2.06. The van der Waals surface area contributed by atoms with Gasteiger partial charge in [-0.2, -0.15) is 0 Å². The van der Waals surface area contributed by atoms with Gasteiger partial charge in [0.05, 0.1) is 6.10 Å². The average molecular weight is 254 g/mol. The molecule has 0 amide bonds. The fourth-order valence-electron chi connectivity index (χ4n) is 3.07. The number of hydrogen-bond acceptors (Lipinski definition) is 1. The standard InChI is InChI=1S/C17H34O/c1-18-17-15-13-11-9-7-5-3-2-4-6-8-10-12-14-16-17/h17H,2-16H2,1H3. The van der Waals surface area contributed by atoms with E-state index in [0.29, 0.717) is 6.10 Å². The van der Waals surface area contributed by atoms with Crippen LogP contribution in [-0.2, 0) is 4.74 Å². The summed E-state index contributed by atoms with van der Waals surface area (Å²) >= 11 is 0. The third-order valence-corrected chi connectivity index (χ3v) is 4.39. The molecule has 0 aromatic rings. The lowest BCUT2D eigenvalue weighted by Gasteiger charge is -2.15. The molecule has 1 rings (SSSR count). The van der Waals surface area contributed by atoms with Crippen molar-refractivity contribution >= 4 is 0 Å². The topological polar surface area (TPSA) is 9.23 Å². The van der Waals surface area contributed by atoms with Crippen molar-refractivity contribution in [3.05, 3.63) is 0 Å². The van der Waals surface area contributed by atoms with Gasteiger partial charge in [0.2, 0.25) is 0 Å². The summed E-state index contributed by atoms with van der Waals surface area (Å²) in [5.41, 5.74) is 0. The Hall–Kier alpha value is -0.0400. The molecule has 0 aliphatic heterocycles. The van der Waals surface area contributed by atoms with Crippen LogP contribution in [0.5, 0.6) is 0 Å². The van der Waals surface area contributed by atoms with E-state index in [2.05, 4.69) is 0 Å². The van der Waals surface area contributed by atoms with Gasteiger partial charge in [0.25, 0.3) is 0 Å². The minimum atomic E-state index is 0.540. The number of ether oxygens (including phenoxy) is 1. The van der Waals surface area contributed by atoms with Crippen LogP contribution >= 0.6 is 0 Å². The Labute approximate surface area is 115 Å². The third kappa shape index (κ3) is 8.97. The molecule has 108 valence electrons. The Balaban J connectivity index is 2.15. The van der Waals surface area contributed by atoms with Gasteiger partial charge in [-0.15, -0.1) is 0 Å². The zero-order chi connectivity index (χ0) is 12.9. The van der Waals surface area contributed by atoms with Crippen molar-refractivity contribution in [1.29, 1.82) is 0 Å². The maximum atomic E-state index is 5.60. The van der Waals surface area contributed by atoms with Crippen molar-refractivity contribution < 1.29 is 4.74 Å². The summed E-state index contributed by atoms with van der Waals surface area (Å²) in [6, 6.07) is 0. The van der Waals surface area contributed by atoms with Crippen LogP contribution in [-0.4, -0.2) is 13.2 Å². The summed E-state index contributed by atoms with van der Waals surface area (Å²) in [6.45, 7) is 0. The van der Waals surface area contributed by atoms with Gasteiger partial charge in [-0.05, 0) is 12.8 Å². The minimum absolute atomic E-state index is 0.540. The average Bonchev–Trinajstić information content (AvgIpc) is 2.39. The van der Waals surface area contributed by atoms with Crippen LogP contribution in [0.3, 0.4) is 0 Å². The molecule has 0 heterocycles. The smallest absolute Gasteiger partial charge is 0.0571 e. The van der Waals surface area contributed by atoms with Gasteiger partial charge in [-0.3, -0.25) is 0 Å². The normalized spacial score (nSPS) is 23.8. The van der Waals surface area contributed by atoms with Gasteiger partial charge in [0.15, 0.2) is 0 Å². The first-order valence-electron chi connectivity index (χ1n) is 8.46. The van der Waals surface area contributed by atoms with Crippen molar-refractivity contribution in [1.82, 2.24) is 0 Å². The molecule has 1 nitrogen and oxygen atoms in total. The van der Waals surface area contributed by atoms with Gasteiger partial charge in [-0.1, -0.05) is 83.5 Å². The zero-order valence-electron chi connectivity index (χ0n) is 12.6. The summed E-state index contributed by atoms with van der Waals surface area (Å²) in [5.74, 6) is 0. The summed E-state index contributed by atoms with van der Waals surface area (Å²) < 4.78 is 5.60. The van der Waals surface area contributed by atoms with Crippen LogP contribution in [0.1, 0.15) is 96.3 Å². The second-order valence-electron chi connectivity index (χ2n) is 6.03. The second kappa shape index (κ2) is 12.0. The van der Waals surface area contributed by atoms with E-state index in [4.69, 9.17) is 4.74 Å². The molecule has 1 saturated carbocycles. The van der Waals surface area contributed by atoms with Crippen molar-refractivity contribution in [3.8, 4) is 0 Å². The highest BCUT2D eigenvalue weighted by Crippen LogP contribution is 2.18. The van der Waals surface area contributed by atoms with Crippen LogP contribution in [0.4, 0.5) is 0 Å². The molecule has 0 spiro atoms. The monoisotopic (exact) mass is 254 g/mol. The van der Waals surface area contributed by atoms with Gasteiger partial charge >= 0.3 is 0 Å². The molecule has 0 N–H and O–H groups in total. The Morgan fingerprint density at radius 2 is 0.778 bits per heavy atom. The van der Waals surface area contributed by atoms with E-state index in [1.807, 2.05) is 7.11 Å². The highest BCUT2D eigenvalue weighted by molar-refractivity contribution is 4.60. The lowest BCUT2D eigenvalue weighted by molar-refractivity contribution is 0.0831. The predicted molar refractivity (Wildman–Crippen MR) is 80.1 cm³/mol. The van der Waals surface area contributed by atoms with E-state index >= 15 is 0 Å². The Morgan fingerprint density at radius 1 is 0.500 bits per heavy atom. The van der Waals surface area contributed by atoms with Crippen LogP contribution in [0.15, 0.2) is 0 Å². The van der Waals surface area contributed by atoms with Gasteiger partial charge in [-0.25, -0.2) is 0 Å². The van der Waals surface area contributed by atoms with E-state index in [1.54, 1.807) is 0 Å². The van der Waals surface area contributed by atoms with Crippen LogP contribution in [0, 0.1) is 0 Å². The van der Waals surface area contributed by atoms with Crippen molar-refractivity contribution in [3.63, 3.8) is 0 Å². The maximum absolute atomic E-state index is 5.60. The molecule has 0 aromatic carbocycles. The Bertz CT molecular complexity index is 151. The quantitative estimate of drug-likeness (QED) is 0.569. The summed E-state index contributed by atoms with van der Waals surface area (Å²) in [4.78, 5) is 0. The Morgan fingerprint density at radius 3 is 1.06 bits per heavy atom. The largest absolute Gasteiger partial charge is 0.381 e. The van der Waals surface area contributed by atoms with E-state index in [9.17, 15) is 0 Å². The van der Waals surface area contributed by atoms with E-state index < -0.39 is 0 Å². The fourth-order valence-corrected chi connectivity index (χ4v) is 3.07. The first-order valence-corrected chi connectivity index (χ1v) is 8.46. The molecule has 18 heavy (non-hydrogen) atoms. The predicted octanol–water partition coefficient (Wildman–Crippen LogP) is 5.87. The van der Waals surface area contributed by atoms with E-state index in [0.717, 1.165) is 0 Å². The van der Waals surface area contributed by atoms with Crippen LogP contribution < -0.4 is 0 Å². The Kier molecular flexibility index (Phi) is 10.7. The zero-order valence-corrected chi connectivity index (χ0v) is 12.6. The van der Waals surface area contributed by atoms with Gasteiger partial charge < -0.3 is 4.74 Å². The molecule has 1 heteroatoms. The number of rotatable bonds is 1. The highest BCUT2D eigenvalue weighted by atomic mass is 16.5. The molecule has 1 aliphatic rings.